The first-order chi connectivity index (χ1) is 30.9. The van der Waals surface area contributed by atoms with Gasteiger partial charge >= 0.3 is 12.2 Å². The maximum Gasteiger partial charge on any atom is 0.407 e. The third-order valence-corrected chi connectivity index (χ3v) is 12.9. The average Bonchev–Trinajstić information content (AvgIpc) is 4.18. The van der Waals surface area contributed by atoms with Gasteiger partial charge in [-0.3, -0.25) is 9.59 Å². The van der Waals surface area contributed by atoms with Crippen LogP contribution in [0.3, 0.4) is 0 Å². The van der Waals surface area contributed by atoms with Crippen molar-refractivity contribution in [2.24, 2.45) is 11.8 Å². The van der Waals surface area contributed by atoms with Gasteiger partial charge in [0.1, 0.15) is 24.2 Å². The van der Waals surface area contributed by atoms with Crippen LogP contribution in [0.4, 0.5) is 15.3 Å². The molecule has 0 spiro atoms. The van der Waals surface area contributed by atoms with Crippen LogP contribution in [-0.2, 0) is 28.6 Å². The van der Waals surface area contributed by atoms with E-state index in [1.807, 2.05) is 45.8 Å². The van der Waals surface area contributed by atoms with Crippen LogP contribution < -0.4 is 16.0 Å². The minimum atomic E-state index is -0.662. The number of amides is 4. The number of aldehydes is 1. The second-order valence-corrected chi connectivity index (χ2v) is 17.6. The van der Waals surface area contributed by atoms with Gasteiger partial charge in [0.15, 0.2) is 0 Å². The molecule has 1 aromatic heterocycles. The molecule has 6 atom stereocenters. The number of carbonyl (C=O) groups is 5. The average molecular weight is 876 g/mol. The molecule has 3 fully saturated rings. The van der Waals surface area contributed by atoms with Crippen molar-refractivity contribution in [2.45, 2.75) is 103 Å². The zero-order chi connectivity index (χ0) is 45.7. The summed E-state index contributed by atoms with van der Waals surface area (Å²) in [5.41, 5.74) is 10.5. The molecule has 0 saturated carbocycles. The van der Waals surface area contributed by atoms with Crippen molar-refractivity contribution in [3.63, 3.8) is 0 Å². The van der Waals surface area contributed by atoms with Crippen LogP contribution in [0.1, 0.15) is 101 Å². The van der Waals surface area contributed by atoms with Crippen molar-refractivity contribution < 1.29 is 38.2 Å². The highest BCUT2D eigenvalue weighted by molar-refractivity contribution is 5.88. The molecule has 4 amide bonds. The molecule has 3 saturated heterocycles. The number of imidazole rings is 1. The van der Waals surface area contributed by atoms with Gasteiger partial charge in [-0.15, -0.1) is 0 Å². The van der Waals surface area contributed by atoms with Crippen LogP contribution in [0.15, 0.2) is 66.9 Å². The van der Waals surface area contributed by atoms with Gasteiger partial charge in [-0.2, -0.15) is 0 Å². The molecular weight excluding hydrogens is 815 g/mol. The fraction of sp³-hybridized carbons (Fsp3) is 0.469. The van der Waals surface area contributed by atoms with Gasteiger partial charge in [0.2, 0.25) is 11.8 Å². The summed E-state index contributed by atoms with van der Waals surface area (Å²) >= 11 is 0. The number of fused-ring (bicyclic) bond motifs is 5. The molecule has 340 valence electrons. The molecule has 6 unspecified atom stereocenters. The predicted molar refractivity (Wildman–Crippen MR) is 243 cm³/mol. The van der Waals surface area contributed by atoms with Crippen molar-refractivity contribution in [1.29, 1.82) is 0 Å². The normalized spacial score (nSPS) is 20.6. The van der Waals surface area contributed by atoms with Crippen molar-refractivity contribution >= 4 is 36.0 Å². The monoisotopic (exact) mass is 875 g/mol. The molecule has 5 heterocycles. The molecular formula is C49H61N7O8. The van der Waals surface area contributed by atoms with Crippen molar-refractivity contribution in [2.75, 3.05) is 39.7 Å². The first-order valence-corrected chi connectivity index (χ1v) is 22.4. The van der Waals surface area contributed by atoms with Crippen LogP contribution in [-0.4, -0.2) is 103 Å². The molecule has 64 heavy (non-hydrogen) atoms. The Kier molecular flexibility index (Phi) is 14.4. The SMILES string of the molecule is CNc1cccc(-c2ccc(-c3ccc(-c4cnc(C5CCCN5C(=O)C(NC(=O)OC)C(C)C)[nH]4)cc3)c3c2C2CCC3O2)c1.COC(=O)NC(C(=O)N1CCCC1C=O)C(C)C. The summed E-state index contributed by atoms with van der Waals surface area (Å²) in [5, 5.41) is 8.49. The Morgan fingerprint density at radius 2 is 1.31 bits per heavy atom. The van der Waals surface area contributed by atoms with E-state index in [0.29, 0.717) is 19.5 Å². The van der Waals surface area contributed by atoms with Crippen molar-refractivity contribution in [1.82, 2.24) is 30.4 Å². The number of aromatic amines is 1. The Bertz CT molecular complexity index is 2330. The highest BCUT2D eigenvalue weighted by atomic mass is 16.5. The number of nitrogens with zero attached hydrogens (tertiary/aromatic N) is 3. The van der Waals surface area contributed by atoms with Gasteiger partial charge in [-0.25, -0.2) is 14.6 Å². The molecule has 0 aliphatic carbocycles. The number of aromatic nitrogens is 2. The van der Waals surface area contributed by atoms with E-state index >= 15 is 0 Å². The summed E-state index contributed by atoms with van der Waals surface area (Å²) in [6, 6.07) is 19.8. The molecule has 4 aliphatic heterocycles. The minimum absolute atomic E-state index is 0.0653. The molecule has 4 N–H and O–H groups in total. The summed E-state index contributed by atoms with van der Waals surface area (Å²) in [6.45, 7) is 8.70. The summed E-state index contributed by atoms with van der Waals surface area (Å²) in [5.74, 6) is 0.280. The lowest BCUT2D eigenvalue weighted by molar-refractivity contribution is -0.137. The van der Waals surface area contributed by atoms with Crippen LogP contribution in [0.2, 0.25) is 0 Å². The number of ether oxygens (including phenoxy) is 3. The van der Waals surface area contributed by atoms with Crippen LogP contribution in [0, 0.1) is 11.8 Å². The van der Waals surface area contributed by atoms with Crippen LogP contribution >= 0.6 is 0 Å². The molecule has 0 radical (unpaired) electrons. The Hall–Kier alpha value is -6.22. The zero-order valence-electron chi connectivity index (χ0n) is 37.8. The minimum Gasteiger partial charge on any atom is -0.453 e. The molecule has 15 nitrogen and oxygen atoms in total. The highest BCUT2D eigenvalue weighted by Gasteiger charge is 2.42. The lowest BCUT2D eigenvalue weighted by Crippen LogP contribution is -2.52. The second kappa shape index (κ2) is 20.1. The number of methoxy groups -OCH3 is 2. The number of alkyl carbamates (subject to hydrolysis) is 2. The topological polar surface area (TPSA) is 184 Å². The number of likely N-dealkylation sites (tertiary alicyclic amines) is 2. The van der Waals surface area contributed by atoms with Crippen molar-refractivity contribution in [3.8, 4) is 33.5 Å². The molecule has 3 aromatic carbocycles. The maximum atomic E-state index is 13.5. The number of hydrogen-bond donors (Lipinski definition) is 4. The number of H-pyrrole nitrogens is 1. The molecule has 4 aromatic rings. The second-order valence-electron chi connectivity index (χ2n) is 17.6. The summed E-state index contributed by atoms with van der Waals surface area (Å²) in [6.07, 6.45) is 6.98. The van der Waals surface area contributed by atoms with Gasteiger partial charge in [0.25, 0.3) is 0 Å². The van der Waals surface area contributed by atoms with E-state index in [9.17, 15) is 24.0 Å². The molecule has 2 bridgehead atoms. The number of nitrogens with one attached hydrogen (secondary N) is 4. The van der Waals surface area contributed by atoms with Crippen LogP contribution in [0.5, 0.6) is 0 Å². The van der Waals surface area contributed by atoms with E-state index in [2.05, 4.69) is 86.3 Å². The third kappa shape index (κ3) is 9.49. The molecule has 4 aliphatic rings. The van der Waals surface area contributed by atoms with E-state index in [1.165, 1.54) is 46.9 Å². The van der Waals surface area contributed by atoms with E-state index in [4.69, 9.17) is 14.5 Å². The summed E-state index contributed by atoms with van der Waals surface area (Å²) in [7, 11) is 4.51. The Labute approximate surface area is 375 Å². The van der Waals surface area contributed by atoms with Gasteiger partial charge < -0.3 is 49.7 Å². The Morgan fingerprint density at radius 3 is 1.89 bits per heavy atom. The Balaban J connectivity index is 0.000000287. The van der Waals surface area contributed by atoms with E-state index < -0.39 is 24.3 Å². The lowest BCUT2D eigenvalue weighted by atomic mass is 9.81. The zero-order valence-corrected chi connectivity index (χ0v) is 37.8. The number of rotatable bonds is 12. The predicted octanol–water partition coefficient (Wildman–Crippen LogP) is 7.96. The summed E-state index contributed by atoms with van der Waals surface area (Å²) in [4.78, 5) is 71.4. The van der Waals surface area contributed by atoms with E-state index in [-0.39, 0.29) is 47.9 Å². The number of carbonyl (C=O) groups excluding carboxylic acids is 5. The maximum absolute atomic E-state index is 13.5. The van der Waals surface area contributed by atoms with E-state index in [0.717, 1.165) is 66.7 Å². The van der Waals surface area contributed by atoms with Gasteiger partial charge in [-0.05, 0) is 101 Å². The third-order valence-electron chi connectivity index (χ3n) is 12.9. The van der Waals surface area contributed by atoms with E-state index in [1.54, 1.807) is 0 Å². The first-order valence-electron chi connectivity index (χ1n) is 22.4. The lowest BCUT2D eigenvalue weighted by Gasteiger charge is -2.30. The van der Waals surface area contributed by atoms with Crippen LogP contribution in [0.25, 0.3) is 33.5 Å². The molecule has 8 rings (SSSR count). The fourth-order valence-corrected chi connectivity index (χ4v) is 9.50. The number of anilines is 1. The molecule has 15 heteroatoms. The standard InChI is InChI=1S/C37H41N5O4.C12H20N2O4/c1-21(2)34(41-37(44)45-4)36(43)42-18-6-9-29(42)35-39-20-28(40-35)23-12-10-22(11-13-23)26-14-15-27(24-7-5-8-25(19-24)38-3)33-31-17-16-30(46-31)32(26)33;1-8(2)10(13-12(17)18-3)11(16)14-6-4-5-9(14)7-15/h5,7-8,10-15,19-21,29-31,34,38H,6,9,16-18H2,1-4H3,(H,39,40)(H,41,44);7-10H,4-6H2,1-3H3,(H,13,17). The first kappa shape index (κ1) is 45.8. The number of benzene rings is 3. The van der Waals surface area contributed by atoms with Gasteiger partial charge in [-0.1, -0.05) is 76.2 Å². The summed E-state index contributed by atoms with van der Waals surface area (Å²) < 4.78 is 15.7. The quantitative estimate of drug-likeness (QED) is 0.102. The highest BCUT2D eigenvalue weighted by Crippen LogP contribution is 2.56. The van der Waals surface area contributed by atoms with Gasteiger partial charge in [0.05, 0.1) is 50.4 Å². The largest absolute Gasteiger partial charge is 0.453 e. The smallest absolute Gasteiger partial charge is 0.407 e. The van der Waals surface area contributed by atoms with Crippen molar-refractivity contribution in [3.05, 3.63) is 83.8 Å². The number of hydrogen-bond acceptors (Lipinski definition) is 10. The fourth-order valence-electron chi connectivity index (χ4n) is 9.50. The van der Waals surface area contributed by atoms with Gasteiger partial charge in [0, 0.05) is 25.8 Å². The Morgan fingerprint density at radius 1 is 0.750 bits per heavy atom.